The van der Waals surface area contributed by atoms with Crippen LogP contribution in [0.15, 0.2) is 29.2 Å². The van der Waals surface area contributed by atoms with E-state index in [0.717, 1.165) is 5.56 Å². The van der Waals surface area contributed by atoms with Gasteiger partial charge >= 0.3 is 0 Å². The molecule has 1 aromatic rings. The van der Waals surface area contributed by atoms with E-state index in [1.54, 1.807) is 26.0 Å². The summed E-state index contributed by atoms with van der Waals surface area (Å²) in [5.41, 5.74) is 0.967. The number of benzene rings is 1. The van der Waals surface area contributed by atoms with Gasteiger partial charge in [0.1, 0.15) is 0 Å². The zero-order chi connectivity index (χ0) is 12.3. The molecule has 1 amide bonds. The summed E-state index contributed by atoms with van der Waals surface area (Å²) < 4.78 is 25.5. The number of hydrogen-bond donors (Lipinski definition) is 1. The summed E-state index contributed by atoms with van der Waals surface area (Å²) in [4.78, 5) is 11.4. The number of rotatable bonds is 3. The SMILES string of the molecule is Cc1ccc(S(=O)(=O)NC(=O)C(C)C)cc1. The number of aryl methyl sites for hydroxylation is 1. The van der Waals surface area contributed by atoms with E-state index in [-0.39, 0.29) is 10.8 Å². The molecule has 0 radical (unpaired) electrons. The molecule has 0 atom stereocenters. The van der Waals surface area contributed by atoms with Gasteiger partial charge in [0.25, 0.3) is 10.0 Å². The van der Waals surface area contributed by atoms with Crippen molar-refractivity contribution >= 4 is 15.9 Å². The summed E-state index contributed by atoms with van der Waals surface area (Å²) in [5.74, 6) is -0.860. The fraction of sp³-hybridized carbons (Fsp3) is 0.364. The van der Waals surface area contributed by atoms with Crippen molar-refractivity contribution in [3.8, 4) is 0 Å². The maximum absolute atomic E-state index is 11.7. The van der Waals surface area contributed by atoms with Gasteiger partial charge in [-0.1, -0.05) is 31.5 Å². The van der Waals surface area contributed by atoms with Crippen molar-refractivity contribution in [2.24, 2.45) is 5.92 Å². The number of carbonyl (C=O) groups is 1. The van der Waals surface area contributed by atoms with E-state index in [9.17, 15) is 13.2 Å². The zero-order valence-electron chi connectivity index (χ0n) is 9.52. The first-order chi connectivity index (χ1) is 7.33. The molecule has 0 aliphatic heterocycles. The molecule has 1 N–H and O–H groups in total. The Morgan fingerprint density at radius 2 is 1.69 bits per heavy atom. The Labute approximate surface area is 95.7 Å². The average molecular weight is 241 g/mol. The van der Waals surface area contributed by atoms with Crippen LogP contribution in [0.5, 0.6) is 0 Å². The van der Waals surface area contributed by atoms with Crippen LogP contribution in [0.1, 0.15) is 19.4 Å². The lowest BCUT2D eigenvalue weighted by Crippen LogP contribution is -2.33. The van der Waals surface area contributed by atoms with Gasteiger partial charge in [0.2, 0.25) is 5.91 Å². The Bertz CT molecular complexity index is 474. The van der Waals surface area contributed by atoms with E-state index >= 15 is 0 Å². The Balaban J connectivity index is 2.95. The monoisotopic (exact) mass is 241 g/mol. The lowest BCUT2D eigenvalue weighted by atomic mass is 10.2. The van der Waals surface area contributed by atoms with Crippen molar-refractivity contribution < 1.29 is 13.2 Å². The minimum Gasteiger partial charge on any atom is -0.274 e. The van der Waals surface area contributed by atoms with Crippen molar-refractivity contribution in [1.82, 2.24) is 4.72 Å². The van der Waals surface area contributed by atoms with Crippen molar-refractivity contribution in [1.29, 1.82) is 0 Å². The van der Waals surface area contributed by atoms with Gasteiger partial charge in [0, 0.05) is 5.92 Å². The van der Waals surface area contributed by atoms with Gasteiger partial charge < -0.3 is 0 Å². The van der Waals surface area contributed by atoms with Crippen molar-refractivity contribution in [3.05, 3.63) is 29.8 Å². The maximum atomic E-state index is 11.7. The lowest BCUT2D eigenvalue weighted by molar-refractivity contribution is -0.122. The number of sulfonamides is 1. The highest BCUT2D eigenvalue weighted by Gasteiger charge is 2.18. The molecule has 5 heteroatoms. The lowest BCUT2D eigenvalue weighted by Gasteiger charge is -2.08. The predicted octanol–water partition coefficient (Wildman–Crippen LogP) is 1.46. The van der Waals surface area contributed by atoms with Gasteiger partial charge in [0.05, 0.1) is 4.90 Å². The molecular formula is C11H15NO3S. The molecule has 1 rings (SSSR count). The highest BCUT2D eigenvalue weighted by molar-refractivity contribution is 7.90. The molecule has 0 aliphatic carbocycles. The second-order valence-electron chi connectivity index (χ2n) is 3.94. The Kier molecular flexibility index (Phi) is 3.70. The molecule has 1 aromatic carbocycles. The van der Waals surface area contributed by atoms with E-state index < -0.39 is 15.9 Å². The molecule has 16 heavy (non-hydrogen) atoms. The van der Waals surface area contributed by atoms with Crippen LogP contribution < -0.4 is 4.72 Å². The molecule has 0 saturated carbocycles. The molecular weight excluding hydrogens is 226 g/mol. The molecule has 0 bridgehead atoms. The molecule has 0 aromatic heterocycles. The van der Waals surface area contributed by atoms with Crippen LogP contribution in [0.25, 0.3) is 0 Å². The fourth-order valence-corrected chi connectivity index (χ4v) is 2.14. The highest BCUT2D eigenvalue weighted by atomic mass is 32.2. The smallest absolute Gasteiger partial charge is 0.264 e. The molecule has 0 heterocycles. The molecule has 0 fully saturated rings. The minimum absolute atomic E-state index is 0.104. The standard InChI is InChI=1S/C11H15NO3S/c1-8(2)11(13)12-16(14,15)10-6-4-9(3)5-7-10/h4-8H,1-3H3,(H,12,13). The van der Waals surface area contributed by atoms with Crippen LogP contribution in [-0.2, 0) is 14.8 Å². The van der Waals surface area contributed by atoms with Crippen molar-refractivity contribution in [3.63, 3.8) is 0 Å². The third kappa shape index (κ3) is 3.06. The van der Waals surface area contributed by atoms with Crippen molar-refractivity contribution in [2.75, 3.05) is 0 Å². The number of hydrogen-bond acceptors (Lipinski definition) is 3. The first-order valence-electron chi connectivity index (χ1n) is 4.96. The van der Waals surface area contributed by atoms with Crippen LogP contribution in [0, 0.1) is 12.8 Å². The van der Waals surface area contributed by atoms with Gasteiger partial charge in [-0.05, 0) is 19.1 Å². The van der Waals surface area contributed by atoms with Gasteiger partial charge in [0.15, 0.2) is 0 Å². The normalized spacial score (nSPS) is 11.5. The van der Waals surface area contributed by atoms with Crippen molar-refractivity contribution in [2.45, 2.75) is 25.7 Å². The van der Waals surface area contributed by atoms with Gasteiger partial charge in [-0.2, -0.15) is 0 Å². The predicted molar refractivity (Wildman–Crippen MR) is 61.3 cm³/mol. The average Bonchev–Trinajstić information content (AvgIpc) is 2.17. The second-order valence-corrected chi connectivity index (χ2v) is 5.62. The molecule has 0 unspecified atom stereocenters. The van der Waals surface area contributed by atoms with Crippen LogP contribution in [0.3, 0.4) is 0 Å². The Morgan fingerprint density at radius 1 is 1.19 bits per heavy atom. The fourth-order valence-electron chi connectivity index (χ4n) is 1.03. The summed E-state index contributed by atoms with van der Waals surface area (Å²) in [7, 11) is -3.72. The quantitative estimate of drug-likeness (QED) is 0.871. The molecule has 0 aliphatic rings. The Morgan fingerprint density at radius 3 is 2.12 bits per heavy atom. The van der Waals surface area contributed by atoms with Gasteiger partial charge in [-0.15, -0.1) is 0 Å². The Hall–Kier alpha value is -1.36. The molecule has 4 nitrogen and oxygen atoms in total. The summed E-state index contributed by atoms with van der Waals surface area (Å²) in [6.45, 7) is 5.14. The first kappa shape index (κ1) is 12.7. The largest absolute Gasteiger partial charge is 0.274 e. The second kappa shape index (κ2) is 4.65. The van der Waals surface area contributed by atoms with E-state index in [1.165, 1.54) is 12.1 Å². The third-order valence-corrected chi connectivity index (χ3v) is 3.45. The van der Waals surface area contributed by atoms with E-state index in [4.69, 9.17) is 0 Å². The van der Waals surface area contributed by atoms with Crippen LogP contribution in [0.2, 0.25) is 0 Å². The van der Waals surface area contributed by atoms with Crippen LogP contribution >= 0.6 is 0 Å². The first-order valence-corrected chi connectivity index (χ1v) is 6.44. The summed E-state index contributed by atoms with van der Waals surface area (Å²) in [5, 5.41) is 0. The number of nitrogens with one attached hydrogen (secondary N) is 1. The minimum atomic E-state index is -3.72. The summed E-state index contributed by atoms with van der Waals surface area (Å²) >= 11 is 0. The highest BCUT2D eigenvalue weighted by Crippen LogP contribution is 2.10. The summed E-state index contributed by atoms with van der Waals surface area (Å²) in [6, 6.07) is 6.33. The molecule has 0 saturated heterocycles. The van der Waals surface area contributed by atoms with Crippen LogP contribution in [0.4, 0.5) is 0 Å². The molecule has 0 spiro atoms. The molecule has 88 valence electrons. The van der Waals surface area contributed by atoms with Gasteiger partial charge in [-0.3, -0.25) is 4.79 Å². The number of amides is 1. The van der Waals surface area contributed by atoms with Gasteiger partial charge in [-0.25, -0.2) is 13.1 Å². The topological polar surface area (TPSA) is 63.2 Å². The van der Waals surface area contributed by atoms with Crippen LogP contribution in [-0.4, -0.2) is 14.3 Å². The van der Waals surface area contributed by atoms with E-state index in [2.05, 4.69) is 0 Å². The number of carbonyl (C=O) groups excluding carboxylic acids is 1. The zero-order valence-corrected chi connectivity index (χ0v) is 10.3. The van der Waals surface area contributed by atoms with E-state index in [1.807, 2.05) is 11.6 Å². The maximum Gasteiger partial charge on any atom is 0.264 e. The third-order valence-electron chi connectivity index (χ3n) is 2.09. The van der Waals surface area contributed by atoms with E-state index in [0.29, 0.717) is 0 Å². The summed E-state index contributed by atoms with van der Waals surface area (Å²) in [6.07, 6.45) is 0.